The summed E-state index contributed by atoms with van der Waals surface area (Å²) < 4.78 is 10.6. The van der Waals surface area contributed by atoms with Crippen molar-refractivity contribution in [1.29, 1.82) is 0 Å². The number of carbonyl (C=O) groups is 2. The number of rotatable bonds is 7. The first kappa shape index (κ1) is 21.7. The zero-order chi connectivity index (χ0) is 22.4. The van der Waals surface area contributed by atoms with Gasteiger partial charge in [0, 0.05) is 22.7 Å². The van der Waals surface area contributed by atoms with E-state index in [0.717, 1.165) is 6.07 Å². The lowest BCUT2D eigenvalue weighted by atomic mass is 10.1. The Bertz CT molecular complexity index is 1170. The fourth-order valence-electron chi connectivity index (χ4n) is 2.66. The minimum absolute atomic E-state index is 0.0359. The van der Waals surface area contributed by atoms with Crippen molar-refractivity contribution in [2.45, 2.75) is 0 Å². The fourth-order valence-corrected chi connectivity index (χ4v) is 2.79. The topological polar surface area (TPSA) is 95.7 Å². The van der Waals surface area contributed by atoms with Crippen molar-refractivity contribution in [3.05, 3.63) is 105 Å². The Balaban J connectivity index is 1.76. The molecule has 0 spiro atoms. The van der Waals surface area contributed by atoms with Crippen LogP contribution in [0, 0.1) is 10.1 Å². The quantitative estimate of drug-likeness (QED) is 0.123. The van der Waals surface area contributed by atoms with E-state index in [1.54, 1.807) is 42.5 Å². The van der Waals surface area contributed by atoms with Crippen molar-refractivity contribution in [3.63, 3.8) is 0 Å². The van der Waals surface area contributed by atoms with Gasteiger partial charge in [-0.25, -0.2) is 4.79 Å². The van der Waals surface area contributed by atoms with E-state index in [-0.39, 0.29) is 28.5 Å². The summed E-state index contributed by atoms with van der Waals surface area (Å²) in [6.45, 7) is 0. The highest BCUT2D eigenvalue weighted by Gasteiger charge is 2.16. The Hall–Kier alpha value is -3.97. The summed E-state index contributed by atoms with van der Waals surface area (Å²) in [5.41, 5.74) is 0.963. The monoisotopic (exact) mass is 437 g/mol. The van der Waals surface area contributed by atoms with Crippen LogP contribution in [0.1, 0.15) is 26.3 Å². The number of nitro groups is 1. The normalized spacial score (nSPS) is 10.6. The average Bonchev–Trinajstić information content (AvgIpc) is 2.78. The molecule has 0 N–H and O–H groups in total. The Kier molecular flexibility index (Phi) is 6.79. The van der Waals surface area contributed by atoms with Gasteiger partial charge in [0.05, 0.1) is 17.6 Å². The summed E-state index contributed by atoms with van der Waals surface area (Å²) in [4.78, 5) is 34.9. The predicted octanol–water partition coefficient (Wildman–Crippen LogP) is 5.37. The third kappa shape index (κ3) is 5.55. The molecule has 0 saturated heterocycles. The maximum atomic E-state index is 12.4. The van der Waals surface area contributed by atoms with Crippen molar-refractivity contribution in [3.8, 4) is 11.5 Å². The largest absolute Gasteiger partial charge is 0.493 e. The maximum Gasteiger partial charge on any atom is 0.343 e. The van der Waals surface area contributed by atoms with Gasteiger partial charge in [0.1, 0.15) is 0 Å². The van der Waals surface area contributed by atoms with Gasteiger partial charge in [0.25, 0.3) is 5.69 Å². The molecule has 0 unspecified atom stereocenters. The van der Waals surface area contributed by atoms with Crippen LogP contribution in [-0.4, -0.2) is 23.8 Å². The van der Waals surface area contributed by atoms with E-state index >= 15 is 0 Å². The van der Waals surface area contributed by atoms with Crippen LogP contribution in [0.4, 0.5) is 5.69 Å². The number of nitro benzene ring substituents is 1. The van der Waals surface area contributed by atoms with Gasteiger partial charge in [-0.3, -0.25) is 14.9 Å². The van der Waals surface area contributed by atoms with Gasteiger partial charge in [0.2, 0.25) is 0 Å². The minimum Gasteiger partial charge on any atom is -0.493 e. The van der Waals surface area contributed by atoms with Crippen LogP contribution in [0.3, 0.4) is 0 Å². The first-order chi connectivity index (χ1) is 14.9. The molecule has 0 aliphatic carbocycles. The molecule has 3 aromatic rings. The summed E-state index contributed by atoms with van der Waals surface area (Å²) in [5.74, 6) is -0.555. The third-order valence-corrected chi connectivity index (χ3v) is 4.49. The average molecular weight is 438 g/mol. The maximum absolute atomic E-state index is 12.4. The van der Waals surface area contributed by atoms with Crippen LogP contribution in [0.5, 0.6) is 11.5 Å². The van der Waals surface area contributed by atoms with Gasteiger partial charge in [0.15, 0.2) is 17.3 Å². The number of ether oxygens (including phenoxy) is 2. The Morgan fingerprint density at radius 3 is 2.39 bits per heavy atom. The number of esters is 1. The molecule has 0 aliphatic heterocycles. The lowest BCUT2D eigenvalue weighted by molar-refractivity contribution is -0.384. The van der Waals surface area contributed by atoms with Crippen molar-refractivity contribution in [2.24, 2.45) is 0 Å². The summed E-state index contributed by atoms with van der Waals surface area (Å²) in [6.07, 6.45) is 3.01. The third-order valence-electron chi connectivity index (χ3n) is 4.24. The Morgan fingerprint density at radius 1 is 0.968 bits per heavy atom. The first-order valence-corrected chi connectivity index (χ1v) is 9.38. The van der Waals surface area contributed by atoms with Crippen LogP contribution < -0.4 is 9.47 Å². The highest BCUT2D eigenvalue weighted by molar-refractivity contribution is 6.30. The van der Waals surface area contributed by atoms with Gasteiger partial charge in [-0.15, -0.1) is 0 Å². The number of allylic oxidation sites excluding steroid dienone is 1. The van der Waals surface area contributed by atoms with E-state index in [1.807, 2.05) is 0 Å². The Morgan fingerprint density at radius 2 is 1.71 bits per heavy atom. The molecule has 0 radical (unpaired) electrons. The summed E-state index contributed by atoms with van der Waals surface area (Å²) in [5, 5.41) is 11.4. The predicted molar refractivity (Wildman–Crippen MR) is 116 cm³/mol. The van der Waals surface area contributed by atoms with Crippen LogP contribution in [0.15, 0.2) is 72.8 Å². The van der Waals surface area contributed by atoms with Crippen molar-refractivity contribution < 1.29 is 24.0 Å². The van der Waals surface area contributed by atoms with Gasteiger partial charge in [-0.2, -0.15) is 0 Å². The summed E-state index contributed by atoms with van der Waals surface area (Å²) in [6, 6.07) is 16.5. The molecule has 0 heterocycles. The smallest absolute Gasteiger partial charge is 0.343 e. The molecule has 7 nitrogen and oxygen atoms in total. The van der Waals surface area contributed by atoms with Crippen LogP contribution in [-0.2, 0) is 0 Å². The van der Waals surface area contributed by atoms with E-state index in [9.17, 15) is 19.7 Å². The zero-order valence-electron chi connectivity index (χ0n) is 16.3. The molecule has 0 fully saturated rings. The fraction of sp³-hybridized carbons (Fsp3) is 0.0435. The number of halogens is 1. The lowest BCUT2D eigenvalue weighted by Gasteiger charge is -2.10. The molecular formula is C23H16ClNO6. The van der Waals surface area contributed by atoms with E-state index in [2.05, 4.69) is 0 Å². The van der Waals surface area contributed by atoms with Gasteiger partial charge >= 0.3 is 5.97 Å². The molecular weight excluding hydrogens is 422 g/mol. The molecule has 0 aromatic heterocycles. The second kappa shape index (κ2) is 9.69. The number of methoxy groups -OCH3 is 1. The molecule has 0 aliphatic rings. The molecule has 3 rings (SSSR count). The molecule has 8 heteroatoms. The highest BCUT2D eigenvalue weighted by Crippen LogP contribution is 2.29. The van der Waals surface area contributed by atoms with Crippen LogP contribution in [0.25, 0.3) is 6.08 Å². The zero-order valence-corrected chi connectivity index (χ0v) is 17.0. The molecule has 0 bridgehead atoms. The van der Waals surface area contributed by atoms with E-state index < -0.39 is 10.9 Å². The van der Waals surface area contributed by atoms with Gasteiger partial charge < -0.3 is 9.47 Å². The van der Waals surface area contributed by atoms with E-state index in [1.165, 1.54) is 37.5 Å². The molecule has 156 valence electrons. The standard InChI is InChI=1S/C23H16ClNO6/c1-30-22-13-15(5-11-20(26)16-7-9-18(24)10-8-16)6-12-21(22)31-23(27)17-3-2-4-19(14-17)25(28)29/h2-14H,1H3/b11-5+. The number of hydrogen-bond acceptors (Lipinski definition) is 6. The van der Waals surface area contributed by atoms with Gasteiger partial charge in [-0.1, -0.05) is 29.8 Å². The second-order valence-electron chi connectivity index (χ2n) is 6.31. The summed E-state index contributed by atoms with van der Waals surface area (Å²) in [7, 11) is 1.41. The molecule has 0 amide bonds. The number of non-ortho nitro benzene ring substituents is 1. The number of nitrogens with zero attached hydrogens (tertiary/aromatic N) is 1. The van der Waals surface area contributed by atoms with E-state index in [0.29, 0.717) is 16.1 Å². The molecule has 0 atom stereocenters. The molecule has 3 aromatic carbocycles. The Labute approximate surface area is 182 Å². The van der Waals surface area contributed by atoms with Crippen LogP contribution >= 0.6 is 11.6 Å². The number of ketones is 1. The lowest BCUT2D eigenvalue weighted by Crippen LogP contribution is -2.09. The number of benzene rings is 3. The molecule has 0 saturated carbocycles. The second-order valence-corrected chi connectivity index (χ2v) is 6.75. The van der Waals surface area contributed by atoms with Crippen molar-refractivity contribution >= 4 is 35.1 Å². The van der Waals surface area contributed by atoms with Gasteiger partial charge in [-0.05, 0) is 54.1 Å². The first-order valence-electron chi connectivity index (χ1n) is 9.00. The van der Waals surface area contributed by atoms with E-state index in [4.69, 9.17) is 21.1 Å². The summed E-state index contributed by atoms with van der Waals surface area (Å²) >= 11 is 5.83. The SMILES string of the molecule is COc1cc(/C=C/C(=O)c2ccc(Cl)cc2)ccc1OC(=O)c1cccc([N+](=O)[O-])c1. The number of hydrogen-bond donors (Lipinski definition) is 0. The number of carbonyl (C=O) groups excluding carboxylic acids is 2. The minimum atomic E-state index is -0.761. The molecule has 31 heavy (non-hydrogen) atoms. The van der Waals surface area contributed by atoms with Crippen molar-refractivity contribution in [2.75, 3.05) is 7.11 Å². The van der Waals surface area contributed by atoms with Crippen LogP contribution in [0.2, 0.25) is 5.02 Å². The van der Waals surface area contributed by atoms with Crippen molar-refractivity contribution in [1.82, 2.24) is 0 Å². The highest BCUT2D eigenvalue weighted by atomic mass is 35.5.